The largest absolute Gasteiger partial charge is 0.481 e. The predicted molar refractivity (Wildman–Crippen MR) is 108 cm³/mol. The second-order valence-corrected chi connectivity index (χ2v) is 9.00. The summed E-state index contributed by atoms with van der Waals surface area (Å²) in [5.74, 6) is -2.99. The average molecular weight is 395 g/mol. The van der Waals surface area contributed by atoms with Gasteiger partial charge in [0.05, 0.1) is 16.8 Å². The van der Waals surface area contributed by atoms with Crippen molar-refractivity contribution in [2.75, 3.05) is 17.2 Å². The number of anilines is 2. The minimum Gasteiger partial charge on any atom is -0.481 e. The fourth-order valence-corrected chi connectivity index (χ4v) is 4.89. The molecule has 3 N–H and O–H groups in total. The third-order valence-electron chi connectivity index (χ3n) is 6.45. The van der Waals surface area contributed by atoms with Gasteiger partial charge >= 0.3 is 5.97 Å². The van der Waals surface area contributed by atoms with Crippen molar-refractivity contribution in [1.29, 1.82) is 0 Å². The number of hydrogen-bond acceptors (Lipinski definition) is 3. The van der Waals surface area contributed by atoms with E-state index in [1.165, 1.54) is 0 Å². The van der Waals surface area contributed by atoms with Crippen LogP contribution in [0, 0.1) is 5.92 Å². The SMILES string of the molecule is CC(C)CN(c1ccc(C2(C(=O)O)CCCC2)cc1N)C1CCC(F)(F)CC1. The van der Waals surface area contributed by atoms with Gasteiger partial charge in [0.2, 0.25) is 5.92 Å². The van der Waals surface area contributed by atoms with Crippen LogP contribution in [0.1, 0.15) is 70.8 Å². The molecule has 0 aliphatic heterocycles. The minimum absolute atomic E-state index is 0.0371. The number of carboxylic acids is 1. The summed E-state index contributed by atoms with van der Waals surface area (Å²) < 4.78 is 27.3. The van der Waals surface area contributed by atoms with Crippen LogP contribution in [0.15, 0.2) is 18.2 Å². The Bertz CT molecular complexity index is 704. The lowest BCUT2D eigenvalue weighted by Crippen LogP contribution is -2.43. The van der Waals surface area contributed by atoms with Gasteiger partial charge in [0.1, 0.15) is 0 Å². The van der Waals surface area contributed by atoms with Crippen LogP contribution in [0.4, 0.5) is 20.2 Å². The molecule has 2 aliphatic rings. The zero-order valence-corrected chi connectivity index (χ0v) is 16.9. The van der Waals surface area contributed by atoms with Crippen LogP contribution in [-0.2, 0) is 10.2 Å². The Labute approximate surface area is 166 Å². The lowest BCUT2D eigenvalue weighted by molar-refractivity contribution is -0.143. The predicted octanol–water partition coefficient (Wildman–Crippen LogP) is 5.21. The summed E-state index contributed by atoms with van der Waals surface area (Å²) in [6, 6.07) is 5.63. The second kappa shape index (κ2) is 7.88. The molecule has 0 amide bonds. The first-order valence-corrected chi connectivity index (χ1v) is 10.4. The van der Waals surface area contributed by atoms with Gasteiger partial charge in [-0.1, -0.05) is 32.8 Å². The molecule has 0 atom stereocenters. The van der Waals surface area contributed by atoms with E-state index in [-0.39, 0.29) is 18.9 Å². The summed E-state index contributed by atoms with van der Waals surface area (Å²) in [4.78, 5) is 14.2. The van der Waals surface area contributed by atoms with E-state index in [1.54, 1.807) is 6.07 Å². The molecular weight excluding hydrogens is 362 g/mol. The van der Waals surface area contributed by atoms with E-state index < -0.39 is 17.3 Å². The van der Waals surface area contributed by atoms with Crippen molar-refractivity contribution >= 4 is 17.3 Å². The summed E-state index contributed by atoms with van der Waals surface area (Å²) in [6.45, 7) is 4.95. The van der Waals surface area contributed by atoms with Gasteiger partial charge in [0.25, 0.3) is 0 Å². The van der Waals surface area contributed by atoms with Crippen molar-refractivity contribution in [1.82, 2.24) is 0 Å². The maximum Gasteiger partial charge on any atom is 0.314 e. The molecule has 0 radical (unpaired) electrons. The third-order valence-corrected chi connectivity index (χ3v) is 6.45. The van der Waals surface area contributed by atoms with E-state index in [0.717, 1.165) is 30.6 Å². The first-order chi connectivity index (χ1) is 13.1. The van der Waals surface area contributed by atoms with Crippen LogP contribution in [0.2, 0.25) is 0 Å². The second-order valence-electron chi connectivity index (χ2n) is 9.00. The van der Waals surface area contributed by atoms with Crippen LogP contribution >= 0.6 is 0 Å². The molecule has 4 nitrogen and oxygen atoms in total. The molecule has 2 saturated carbocycles. The summed E-state index contributed by atoms with van der Waals surface area (Å²) in [6.07, 6.45) is 3.79. The van der Waals surface area contributed by atoms with Gasteiger partial charge in [0.15, 0.2) is 0 Å². The van der Waals surface area contributed by atoms with Gasteiger partial charge in [-0.25, -0.2) is 8.78 Å². The molecule has 0 spiro atoms. The normalized spacial score (nSPS) is 21.8. The van der Waals surface area contributed by atoms with Crippen LogP contribution in [0.3, 0.4) is 0 Å². The Morgan fingerprint density at radius 2 is 1.82 bits per heavy atom. The lowest BCUT2D eigenvalue weighted by atomic mass is 9.78. The number of alkyl halides is 2. The molecule has 2 aliphatic carbocycles. The zero-order chi connectivity index (χ0) is 20.5. The van der Waals surface area contributed by atoms with Gasteiger partial charge < -0.3 is 15.7 Å². The Balaban J connectivity index is 1.90. The fourth-order valence-electron chi connectivity index (χ4n) is 4.89. The topological polar surface area (TPSA) is 66.6 Å². The van der Waals surface area contributed by atoms with Crippen molar-refractivity contribution in [3.63, 3.8) is 0 Å². The van der Waals surface area contributed by atoms with Gasteiger partial charge in [-0.05, 0) is 49.3 Å². The number of hydrogen-bond donors (Lipinski definition) is 2. The number of nitrogens with zero attached hydrogens (tertiary/aromatic N) is 1. The number of rotatable bonds is 6. The fraction of sp³-hybridized carbons (Fsp3) is 0.682. The highest BCUT2D eigenvalue weighted by Crippen LogP contribution is 2.44. The molecule has 1 aromatic rings. The van der Waals surface area contributed by atoms with Crippen molar-refractivity contribution in [3.8, 4) is 0 Å². The maximum absolute atomic E-state index is 13.6. The lowest BCUT2D eigenvalue weighted by Gasteiger charge is -2.40. The number of nitrogens with two attached hydrogens (primary N) is 1. The Hall–Kier alpha value is -1.85. The molecule has 0 saturated heterocycles. The first kappa shape index (κ1) is 20.9. The van der Waals surface area contributed by atoms with Crippen molar-refractivity contribution in [2.24, 2.45) is 5.92 Å². The molecule has 0 bridgehead atoms. The van der Waals surface area contributed by atoms with Crippen molar-refractivity contribution in [3.05, 3.63) is 23.8 Å². The van der Waals surface area contributed by atoms with Crippen molar-refractivity contribution in [2.45, 2.75) is 82.6 Å². The quantitative estimate of drug-likeness (QED) is 0.651. The number of carbonyl (C=O) groups is 1. The molecular formula is C22H32F2N2O2. The molecule has 3 rings (SSSR count). The van der Waals surface area contributed by atoms with Crippen LogP contribution in [0.5, 0.6) is 0 Å². The highest BCUT2D eigenvalue weighted by atomic mass is 19.3. The van der Waals surface area contributed by atoms with Crippen LogP contribution in [0.25, 0.3) is 0 Å². The van der Waals surface area contributed by atoms with Crippen molar-refractivity contribution < 1.29 is 18.7 Å². The monoisotopic (exact) mass is 394 g/mol. The van der Waals surface area contributed by atoms with E-state index in [1.807, 2.05) is 12.1 Å². The molecule has 2 fully saturated rings. The van der Waals surface area contributed by atoms with Gasteiger partial charge in [-0.15, -0.1) is 0 Å². The zero-order valence-electron chi connectivity index (χ0n) is 16.9. The summed E-state index contributed by atoms with van der Waals surface area (Å²) in [5, 5.41) is 9.84. The van der Waals surface area contributed by atoms with E-state index in [2.05, 4.69) is 18.7 Å². The number of benzene rings is 1. The minimum atomic E-state index is -2.56. The van der Waals surface area contributed by atoms with E-state index in [9.17, 15) is 18.7 Å². The summed E-state index contributed by atoms with van der Waals surface area (Å²) in [5.41, 5.74) is 7.70. The molecule has 1 aromatic carbocycles. The number of aliphatic carboxylic acids is 1. The molecule has 0 unspecified atom stereocenters. The van der Waals surface area contributed by atoms with E-state index in [4.69, 9.17) is 5.73 Å². The third kappa shape index (κ3) is 4.11. The summed E-state index contributed by atoms with van der Waals surface area (Å²) >= 11 is 0. The van der Waals surface area contributed by atoms with Crippen LogP contribution in [-0.4, -0.2) is 29.6 Å². The highest BCUT2D eigenvalue weighted by Gasteiger charge is 2.43. The highest BCUT2D eigenvalue weighted by molar-refractivity contribution is 5.83. The Kier molecular flexibility index (Phi) is 5.87. The van der Waals surface area contributed by atoms with E-state index in [0.29, 0.717) is 37.3 Å². The maximum atomic E-state index is 13.6. The summed E-state index contributed by atoms with van der Waals surface area (Å²) in [7, 11) is 0. The smallest absolute Gasteiger partial charge is 0.314 e. The number of halogens is 2. The van der Waals surface area contributed by atoms with E-state index >= 15 is 0 Å². The van der Waals surface area contributed by atoms with Gasteiger partial charge in [-0.2, -0.15) is 0 Å². The Morgan fingerprint density at radius 3 is 2.32 bits per heavy atom. The van der Waals surface area contributed by atoms with Gasteiger partial charge in [-0.3, -0.25) is 4.79 Å². The number of carboxylic acid groups (broad SMARTS) is 1. The molecule has 0 aromatic heterocycles. The average Bonchev–Trinajstić information content (AvgIpc) is 3.11. The Morgan fingerprint density at radius 1 is 1.21 bits per heavy atom. The molecule has 156 valence electrons. The molecule has 0 heterocycles. The standard InChI is InChI=1S/C22H32F2N2O2/c1-15(2)14-26(17-7-11-22(23,24)12-8-17)19-6-5-16(13-18(19)25)21(20(27)28)9-3-4-10-21/h5-6,13,15,17H,3-4,7-12,14,25H2,1-2H3,(H,27,28). The molecule has 6 heteroatoms. The molecule has 28 heavy (non-hydrogen) atoms. The van der Waals surface area contributed by atoms with Gasteiger partial charge in [0, 0.05) is 25.4 Å². The number of nitrogen functional groups attached to an aromatic ring is 1. The van der Waals surface area contributed by atoms with Crippen LogP contribution < -0.4 is 10.6 Å². The first-order valence-electron chi connectivity index (χ1n) is 10.4.